The first kappa shape index (κ1) is 26.3. The van der Waals surface area contributed by atoms with E-state index in [1.165, 1.54) is 0 Å². The van der Waals surface area contributed by atoms with Gasteiger partial charge in [0, 0.05) is 55.0 Å². The number of hydrogen-bond donors (Lipinski definition) is 3. The number of rotatable bonds is 8. The highest BCUT2D eigenvalue weighted by Gasteiger charge is 2.40. The molecular formula is C28H36N10O. The van der Waals surface area contributed by atoms with Crippen LogP contribution in [-0.4, -0.2) is 53.9 Å². The first-order valence-electron chi connectivity index (χ1n) is 13.4. The normalized spacial score (nSPS) is 14.8. The fourth-order valence-electron chi connectivity index (χ4n) is 5.12. The van der Waals surface area contributed by atoms with Crippen LogP contribution in [0.3, 0.4) is 0 Å². The Morgan fingerprint density at radius 3 is 2.44 bits per heavy atom. The lowest BCUT2D eigenvalue weighted by molar-refractivity contribution is -0.132. The third kappa shape index (κ3) is 5.76. The van der Waals surface area contributed by atoms with Crippen LogP contribution >= 0.6 is 0 Å². The summed E-state index contributed by atoms with van der Waals surface area (Å²) in [6, 6.07) is 9.78. The van der Waals surface area contributed by atoms with Crippen LogP contribution in [0.1, 0.15) is 54.5 Å². The Bertz CT molecular complexity index is 1450. The molecule has 5 rings (SSSR count). The number of hydrogen-bond acceptors (Lipinski definition) is 8. The number of nitrogens with zero attached hydrogens (tertiary/aromatic N) is 7. The number of carbonyl (C=O) groups excluding carboxylic acids is 1. The van der Waals surface area contributed by atoms with Crippen molar-refractivity contribution in [2.45, 2.75) is 60.4 Å². The molecule has 11 nitrogen and oxygen atoms in total. The number of H-pyrrole nitrogens is 1. The van der Waals surface area contributed by atoms with Gasteiger partial charge < -0.3 is 15.5 Å². The number of aromatic amines is 1. The lowest BCUT2D eigenvalue weighted by Gasteiger charge is -2.40. The number of anilines is 3. The highest BCUT2D eigenvalue weighted by atomic mass is 16.2. The number of amides is 1. The number of piperidine rings is 1. The predicted octanol–water partition coefficient (Wildman–Crippen LogP) is 4.07. The molecule has 39 heavy (non-hydrogen) atoms. The van der Waals surface area contributed by atoms with Gasteiger partial charge in [-0.1, -0.05) is 13.0 Å². The van der Waals surface area contributed by atoms with E-state index in [1.807, 2.05) is 62.7 Å². The summed E-state index contributed by atoms with van der Waals surface area (Å²) in [4.78, 5) is 29.5. The summed E-state index contributed by atoms with van der Waals surface area (Å²) >= 11 is 0. The van der Waals surface area contributed by atoms with Gasteiger partial charge in [-0.15, -0.1) is 0 Å². The van der Waals surface area contributed by atoms with Gasteiger partial charge in [0.15, 0.2) is 11.6 Å². The number of aryl methyl sites for hydroxylation is 4. The second-order valence-electron chi connectivity index (χ2n) is 10.4. The van der Waals surface area contributed by atoms with E-state index < -0.39 is 5.41 Å². The van der Waals surface area contributed by atoms with Crippen molar-refractivity contribution in [3.05, 3.63) is 64.9 Å². The Morgan fingerprint density at radius 2 is 1.82 bits per heavy atom. The lowest BCUT2D eigenvalue weighted by atomic mass is 9.75. The average molecular weight is 529 g/mol. The quantitative estimate of drug-likeness (QED) is 0.312. The molecule has 1 fully saturated rings. The highest BCUT2D eigenvalue weighted by molar-refractivity contribution is 5.83. The van der Waals surface area contributed by atoms with E-state index >= 15 is 0 Å². The van der Waals surface area contributed by atoms with Crippen molar-refractivity contribution in [3.8, 4) is 5.82 Å². The van der Waals surface area contributed by atoms with Crippen molar-refractivity contribution in [1.82, 2.24) is 40.2 Å². The van der Waals surface area contributed by atoms with Crippen LogP contribution in [0.25, 0.3) is 5.82 Å². The largest absolute Gasteiger partial charge is 0.351 e. The lowest BCUT2D eigenvalue weighted by Crippen LogP contribution is -2.49. The van der Waals surface area contributed by atoms with Crippen molar-refractivity contribution in [2.24, 2.45) is 5.41 Å². The molecule has 11 heteroatoms. The van der Waals surface area contributed by atoms with Crippen molar-refractivity contribution < 1.29 is 4.79 Å². The summed E-state index contributed by atoms with van der Waals surface area (Å²) in [6.07, 6.45) is 4.06. The summed E-state index contributed by atoms with van der Waals surface area (Å²) in [5.74, 6) is 2.95. The summed E-state index contributed by atoms with van der Waals surface area (Å²) in [6.45, 7) is 11.8. The molecule has 4 aromatic rings. The molecule has 204 valence electrons. The molecule has 1 amide bonds. The molecule has 1 aliphatic rings. The predicted molar refractivity (Wildman–Crippen MR) is 150 cm³/mol. The molecule has 1 aliphatic heterocycles. The highest BCUT2D eigenvalue weighted by Crippen LogP contribution is 2.36. The van der Waals surface area contributed by atoms with Gasteiger partial charge in [-0.3, -0.25) is 9.89 Å². The maximum Gasteiger partial charge on any atom is 0.227 e. The SMILES string of the molecule is CCC1(C(=O)NCc2ccc(-n3nc(C)cc3C)nc2)CCN(c2nc(C)cc(Nc3cc(C)[nH]n3)n2)CC1. The molecule has 0 unspecified atom stereocenters. The topological polar surface area (TPSA) is 130 Å². The van der Waals surface area contributed by atoms with E-state index in [1.54, 1.807) is 6.20 Å². The Labute approximate surface area is 228 Å². The average Bonchev–Trinajstić information content (AvgIpc) is 3.50. The van der Waals surface area contributed by atoms with Gasteiger partial charge in [0.1, 0.15) is 5.82 Å². The van der Waals surface area contributed by atoms with Crippen molar-refractivity contribution in [3.63, 3.8) is 0 Å². The first-order valence-corrected chi connectivity index (χ1v) is 13.4. The van der Waals surface area contributed by atoms with Gasteiger partial charge in [0.05, 0.1) is 11.1 Å². The van der Waals surface area contributed by atoms with E-state index in [2.05, 4.69) is 47.7 Å². The zero-order valence-electron chi connectivity index (χ0n) is 23.2. The molecule has 0 aliphatic carbocycles. The van der Waals surface area contributed by atoms with Crippen LogP contribution in [0, 0.1) is 33.1 Å². The van der Waals surface area contributed by atoms with E-state index in [4.69, 9.17) is 4.98 Å². The standard InChI is InChI=1S/C28H36N10O/c1-6-28(26(39)30-17-22-7-8-25(29-16-22)38-21(5)13-20(4)36-38)9-11-37(12-10-28)27-31-18(2)14-23(33-27)32-24-15-19(3)34-35-24/h7-8,13-16H,6,9-12,17H2,1-5H3,(H,30,39)(H2,31,32,33,34,35). The van der Waals surface area contributed by atoms with Crippen LogP contribution in [0.2, 0.25) is 0 Å². The van der Waals surface area contributed by atoms with E-state index in [-0.39, 0.29) is 5.91 Å². The van der Waals surface area contributed by atoms with E-state index in [9.17, 15) is 4.79 Å². The van der Waals surface area contributed by atoms with E-state index in [0.29, 0.717) is 37.2 Å². The van der Waals surface area contributed by atoms with Crippen molar-refractivity contribution in [1.29, 1.82) is 0 Å². The Morgan fingerprint density at radius 1 is 1.03 bits per heavy atom. The van der Waals surface area contributed by atoms with Gasteiger partial charge >= 0.3 is 0 Å². The van der Waals surface area contributed by atoms with Crippen LogP contribution in [0.4, 0.5) is 17.6 Å². The molecule has 5 heterocycles. The zero-order chi connectivity index (χ0) is 27.6. The van der Waals surface area contributed by atoms with Gasteiger partial charge in [-0.2, -0.15) is 15.2 Å². The molecule has 0 saturated carbocycles. The third-order valence-electron chi connectivity index (χ3n) is 7.46. The Balaban J connectivity index is 1.19. The Hall–Kier alpha value is -4.28. The maximum atomic E-state index is 13.4. The minimum atomic E-state index is -0.412. The second kappa shape index (κ2) is 10.8. The first-order chi connectivity index (χ1) is 18.7. The molecule has 0 spiro atoms. The number of nitrogens with one attached hydrogen (secondary N) is 3. The minimum absolute atomic E-state index is 0.0914. The molecule has 0 aromatic carbocycles. The smallest absolute Gasteiger partial charge is 0.227 e. The molecule has 3 N–H and O–H groups in total. The van der Waals surface area contributed by atoms with Crippen LogP contribution in [-0.2, 0) is 11.3 Å². The summed E-state index contributed by atoms with van der Waals surface area (Å²) in [7, 11) is 0. The van der Waals surface area contributed by atoms with Gasteiger partial charge in [0.25, 0.3) is 0 Å². The molecule has 1 saturated heterocycles. The molecular weight excluding hydrogens is 492 g/mol. The number of aromatic nitrogens is 7. The second-order valence-corrected chi connectivity index (χ2v) is 10.4. The molecule has 0 atom stereocenters. The van der Waals surface area contributed by atoms with Crippen molar-refractivity contribution >= 4 is 23.5 Å². The summed E-state index contributed by atoms with van der Waals surface area (Å²) < 4.78 is 1.83. The van der Waals surface area contributed by atoms with Gasteiger partial charge in [-0.05, 0) is 64.7 Å². The van der Waals surface area contributed by atoms with Crippen molar-refractivity contribution in [2.75, 3.05) is 23.3 Å². The summed E-state index contributed by atoms with van der Waals surface area (Å²) in [5, 5.41) is 18.1. The summed E-state index contributed by atoms with van der Waals surface area (Å²) in [5.41, 5.74) is 4.38. The van der Waals surface area contributed by atoms with Crippen LogP contribution < -0.4 is 15.5 Å². The van der Waals surface area contributed by atoms with E-state index in [0.717, 1.165) is 53.4 Å². The Kier molecular flexibility index (Phi) is 7.32. The zero-order valence-corrected chi connectivity index (χ0v) is 23.2. The fraction of sp³-hybridized carbons (Fsp3) is 0.429. The fourth-order valence-corrected chi connectivity index (χ4v) is 5.12. The van der Waals surface area contributed by atoms with Crippen LogP contribution in [0.5, 0.6) is 0 Å². The van der Waals surface area contributed by atoms with Crippen LogP contribution in [0.15, 0.2) is 36.5 Å². The van der Waals surface area contributed by atoms with Gasteiger partial charge in [-0.25, -0.2) is 14.6 Å². The monoisotopic (exact) mass is 528 g/mol. The molecule has 0 radical (unpaired) electrons. The third-order valence-corrected chi connectivity index (χ3v) is 7.46. The maximum absolute atomic E-state index is 13.4. The number of carbonyl (C=O) groups is 1. The van der Waals surface area contributed by atoms with Gasteiger partial charge in [0.2, 0.25) is 11.9 Å². The molecule has 4 aromatic heterocycles. The number of pyridine rings is 1. The molecule has 0 bridgehead atoms. The minimum Gasteiger partial charge on any atom is -0.351 e.